The number of carbonyl (C=O) groups excluding carboxylic acids is 1. The van der Waals surface area contributed by atoms with E-state index in [1.165, 1.54) is 0 Å². The summed E-state index contributed by atoms with van der Waals surface area (Å²) in [6.07, 6.45) is 0. The van der Waals surface area contributed by atoms with E-state index in [1.807, 2.05) is 66.7 Å². The van der Waals surface area contributed by atoms with Gasteiger partial charge in [-0.05, 0) is 29.8 Å². The van der Waals surface area contributed by atoms with Crippen LogP contribution in [0.3, 0.4) is 0 Å². The standard InChI is InChI=1S/C25H20N2O4.Na/c28-24(29)17-30-21-13-11-20(12-14-21)25-26-22(19-9-5-2-6-10-19)15-23(27-25)31-16-18-7-3-1-4-8-18;/h1-15H,16-17H2,(H,28,29);/q;+1/p-1. The molecule has 0 unspecified atom stereocenters. The van der Waals surface area contributed by atoms with Crippen molar-refractivity contribution in [3.8, 4) is 34.3 Å². The van der Waals surface area contributed by atoms with E-state index in [-0.39, 0.29) is 29.6 Å². The van der Waals surface area contributed by atoms with Gasteiger partial charge >= 0.3 is 29.6 Å². The van der Waals surface area contributed by atoms with Crippen molar-refractivity contribution in [1.82, 2.24) is 9.97 Å². The summed E-state index contributed by atoms with van der Waals surface area (Å²) in [7, 11) is 0. The molecular weight excluding hydrogens is 415 g/mol. The molecule has 7 heteroatoms. The monoisotopic (exact) mass is 434 g/mol. The summed E-state index contributed by atoms with van der Waals surface area (Å²) in [5.41, 5.74) is 3.48. The fourth-order valence-electron chi connectivity index (χ4n) is 2.96. The van der Waals surface area contributed by atoms with Gasteiger partial charge in [-0.3, -0.25) is 0 Å². The van der Waals surface area contributed by atoms with E-state index in [0.29, 0.717) is 24.1 Å². The molecule has 0 atom stereocenters. The number of hydrogen-bond acceptors (Lipinski definition) is 6. The molecule has 0 radical (unpaired) electrons. The average molecular weight is 434 g/mol. The fraction of sp³-hybridized carbons (Fsp3) is 0.0800. The maximum atomic E-state index is 10.6. The molecule has 0 spiro atoms. The number of hydrogen-bond donors (Lipinski definition) is 0. The van der Waals surface area contributed by atoms with Crippen molar-refractivity contribution in [1.29, 1.82) is 0 Å². The average Bonchev–Trinajstić information content (AvgIpc) is 2.83. The molecule has 0 aliphatic heterocycles. The molecule has 32 heavy (non-hydrogen) atoms. The summed E-state index contributed by atoms with van der Waals surface area (Å²) >= 11 is 0. The van der Waals surface area contributed by atoms with E-state index in [2.05, 4.69) is 4.98 Å². The number of aliphatic carboxylic acids is 1. The first kappa shape index (κ1) is 23.5. The van der Waals surface area contributed by atoms with Gasteiger partial charge in [0, 0.05) is 17.2 Å². The van der Waals surface area contributed by atoms with Crippen LogP contribution in [0.2, 0.25) is 0 Å². The van der Waals surface area contributed by atoms with Gasteiger partial charge < -0.3 is 19.4 Å². The predicted octanol–water partition coefficient (Wildman–Crippen LogP) is 0.522. The zero-order valence-corrected chi connectivity index (χ0v) is 19.6. The van der Waals surface area contributed by atoms with E-state index in [1.54, 1.807) is 24.3 Å². The second-order valence-corrected chi connectivity index (χ2v) is 6.74. The van der Waals surface area contributed by atoms with Gasteiger partial charge in [-0.15, -0.1) is 0 Å². The molecule has 0 bridgehead atoms. The zero-order valence-electron chi connectivity index (χ0n) is 17.6. The van der Waals surface area contributed by atoms with Gasteiger partial charge in [0.2, 0.25) is 5.88 Å². The van der Waals surface area contributed by atoms with E-state index >= 15 is 0 Å². The van der Waals surface area contributed by atoms with Crippen LogP contribution in [0.4, 0.5) is 0 Å². The van der Waals surface area contributed by atoms with Crippen molar-refractivity contribution in [2.45, 2.75) is 6.61 Å². The smallest absolute Gasteiger partial charge is 0.546 e. The molecule has 0 aliphatic carbocycles. The normalized spacial score (nSPS) is 10.1. The quantitative estimate of drug-likeness (QED) is 0.376. The molecule has 0 N–H and O–H groups in total. The second-order valence-electron chi connectivity index (χ2n) is 6.74. The maximum Gasteiger partial charge on any atom is 1.00 e. The largest absolute Gasteiger partial charge is 1.00 e. The van der Waals surface area contributed by atoms with Crippen molar-refractivity contribution < 1.29 is 48.9 Å². The molecule has 0 saturated heterocycles. The Morgan fingerprint density at radius 3 is 2.09 bits per heavy atom. The minimum atomic E-state index is -1.27. The Hall–Kier alpha value is -3.19. The Morgan fingerprint density at radius 1 is 0.781 bits per heavy atom. The van der Waals surface area contributed by atoms with Gasteiger partial charge in [-0.1, -0.05) is 60.7 Å². The van der Waals surface area contributed by atoms with Gasteiger partial charge in [-0.25, -0.2) is 4.98 Å². The van der Waals surface area contributed by atoms with Crippen LogP contribution in [-0.2, 0) is 11.4 Å². The third kappa shape index (κ3) is 6.40. The van der Waals surface area contributed by atoms with Crippen molar-refractivity contribution in [3.63, 3.8) is 0 Å². The predicted molar refractivity (Wildman–Crippen MR) is 114 cm³/mol. The molecule has 0 fully saturated rings. The second kappa shape index (κ2) is 11.4. The Kier molecular flexibility index (Phi) is 8.39. The molecule has 4 rings (SSSR count). The van der Waals surface area contributed by atoms with Crippen molar-refractivity contribution in [2.24, 2.45) is 0 Å². The van der Waals surface area contributed by atoms with Crippen LogP contribution >= 0.6 is 0 Å². The molecule has 0 amide bonds. The summed E-state index contributed by atoms with van der Waals surface area (Å²) in [6, 6.07) is 28.4. The fourth-order valence-corrected chi connectivity index (χ4v) is 2.96. The summed E-state index contributed by atoms with van der Waals surface area (Å²) in [5, 5.41) is 10.6. The van der Waals surface area contributed by atoms with Gasteiger partial charge in [0.15, 0.2) is 5.82 Å². The number of benzene rings is 3. The van der Waals surface area contributed by atoms with Gasteiger partial charge in [0.25, 0.3) is 0 Å². The molecule has 1 aromatic heterocycles. The topological polar surface area (TPSA) is 84.4 Å². The molecule has 1 heterocycles. The third-order valence-corrected chi connectivity index (χ3v) is 4.47. The van der Waals surface area contributed by atoms with Crippen LogP contribution in [0, 0.1) is 0 Å². The number of nitrogens with zero attached hydrogens (tertiary/aromatic N) is 2. The van der Waals surface area contributed by atoms with Crippen molar-refractivity contribution in [3.05, 3.63) is 96.6 Å². The van der Waals surface area contributed by atoms with Crippen LogP contribution in [-0.4, -0.2) is 22.5 Å². The van der Waals surface area contributed by atoms with Crippen molar-refractivity contribution >= 4 is 5.97 Å². The number of ether oxygens (including phenoxy) is 2. The van der Waals surface area contributed by atoms with Crippen molar-refractivity contribution in [2.75, 3.05) is 6.61 Å². The van der Waals surface area contributed by atoms with Gasteiger partial charge in [0.05, 0.1) is 11.7 Å². The zero-order chi connectivity index (χ0) is 21.5. The SMILES string of the molecule is O=C([O-])COc1ccc(-c2nc(OCc3ccccc3)cc(-c3ccccc3)n2)cc1.[Na+]. The molecule has 0 aliphatic rings. The number of carboxylic acid groups (broad SMARTS) is 1. The molecular formula is C25H19N2NaO4. The van der Waals surface area contributed by atoms with E-state index in [0.717, 1.165) is 22.4 Å². The molecule has 4 aromatic rings. The van der Waals surface area contributed by atoms with E-state index < -0.39 is 12.6 Å². The van der Waals surface area contributed by atoms with Crippen LogP contribution in [0.5, 0.6) is 11.6 Å². The summed E-state index contributed by atoms with van der Waals surface area (Å²) in [4.78, 5) is 19.8. The number of carboxylic acids is 1. The summed E-state index contributed by atoms with van der Waals surface area (Å²) in [6.45, 7) is -0.113. The Morgan fingerprint density at radius 2 is 1.44 bits per heavy atom. The Balaban J connectivity index is 0.00000289. The first-order chi connectivity index (χ1) is 15.2. The first-order valence-electron chi connectivity index (χ1n) is 9.72. The Labute approximate surface area is 208 Å². The first-order valence-corrected chi connectivity index (χ1v) is 9.72. The van der Waals surface area contributed by atoms with Crippen LogP contribution < -0.4 is 44.1 Å². The van der Waals surface area contributed by atoms with Crippen LogP contribution in [0.15, 0.2) is 91.0 Å². The summed E-state index contributed by atoms with van der Waals surface area (Å²) < 4.78 is 11.1. The molecule has 0 saturated carbocycles. The minimum Gasteiger partial charge on any atom is -0.546 e. The Bertz CT molecular complexity index is 1150. The van der Waals surface area contributed by atoms with Gasteiger partial charge in [0.1, 0.15) is 19.0 Å². The van der Waals surface area contributed by atoms with Crippen LogP contribution in [0.25, 0.3) is 22.6 Å². The summed E-state index contributed by atoms with van der Waals surface area (Å²) in [5.74, 6) is 0.108. The molecule has 6 nitrogen and oxygen atoms in total. The maximum absolute atomic E-state index is 10.6. The van der Waals surface area contributed by atoms with Gasteiger partial charge in [-0.2, -0.15) is 4.98 Å². The number of rotatable bonds is 8. The molecule has 3 aromatic carbocycles. The van der Waals surface area contributed by atoms with E-state index in [9.17, 15) is 9.90 Å². The number of aromatic nitrogens is 2. The minimum absolute atomic E-state index is 0. The number of carbonyl (C=O) groups is 1. The van der Waals surface area contributed by atoms with Crippen LogP contribution in [0.1, 0.15) is 5.56 Å². The van der Waals surface area contributed by atoms with E-state index in [4.69, 9.17) is 14.5 Å². The molecule has 154 valence electrons. The third-order valence-electron chi connectivity index (χ3n) is 4.47.